The number of aromatic nitrogens is 2. The molecule has 0 spiro atoms. The highest BCUT2D eigenvalue weighted by atomic mass is 16.5. The van der Waals surface area contributed by atoms with E-state index in [-0.39, 0.29) is 0 Å². The Morgan fingerprint density at radius 1 is 1.64 bits per heavy atom. The Morgan fingerprint density at radius 2 is 2.43 bits per heavy atom. The van der Waals surface area contributed by atoms with E-state index in [1.165, 1.54) is 12.8 Å². The zero-order valence-electron chi connectivity index (χ0n) is 8.57. The molecular weight excluding hydrogens is 178 g/mol. The van der Waals surface area contributed by atoms with Crippen LogP contribution in [0.15, 0.2) is 6.20 Å². The molecule has 78 valence electrons. The number of nitrogens with two attached hydrogens (primary N) is 1. The quantitative estimate of drug-likeness (QED) is 0.718. The van der Waals surface area contributed by atoms with Crippen molar-refractivity contribution in [2.24, 2.45) is 5.92 Å². The van der Waals surface area contributed by atoms with Crippen molar-refractivity contribution in [3.05, 3.63) is 11.9 Å². The predicted molar refractivity (Wildman–Crippen MR) is 54.9 cm³/mol. The van der Waals surface area contributed by atoms with Gasteiger partial charge in [0.05, 0.1) is 24.5 Å². The maximum Gasteiger partial charge on any atom is 0.0822 e. The highest BCUT2D eigenvalue weighted by Gasteiger charge is 2.20. The molecule has 1 fully saturated rings. The predicted octanol–water partition coefficient (Wildman–Crippen LogP) is 1.20. The fraction of sp³-hybridized carbons (Fsp3) is 0.700. The molecule has 0 bridgehead atoms. The first kappa shape index (κ1) is 9.52. The molecule has 1 aromatic rings. The summed E-state index contributed by atoms with van der Waals surface area (Å²) < 4.78 is 7.35. The van der Waals surface area contributed by atoms with Crippen molar-refractivity contribution in [3.8, 4) is 0 Å². The summed E-state index contributed by atoms with van der Waals surface area (Å²) in [4.78, 5) is 0. The third-order valence-corrected chi connectivity index (χ3v) is 2.50. The van der Waals surface area contributed by atoms with Crippen LogP contribution < -0.4 is 5.73 Å². The Balaban J connectivity index is 1.68. The summed E-state index contributed by atoms with van der Waals surface area (Å²) in [6.07, 6.45) is 4.54. The topological polar surface area (TPSA) is 53.1 Å². The number of nitrogen functional groups attached to an aromatic ring is 1. The Labute approximate surface area is 84.0 Å². The first-order valence-electron chi connectivity index (χ1n) is 5.13. The Hall–Kier alpha value is -1.03. The van der Waals surface area contributed by atoms with Gasteiger partial charge in [-0.25, -0.2) is 0 Å². The Morgan fingerprint density at radius 3 is 3.00 bits per heavy atom. The van der Waals surface area contributed by atoms with Gasteiger partial charge >= 0.3 is 0 Å². The van der Waals surface area contributed by atoms with E-state index in [1.54, 1.807) is 0 Å². The minimum absolute atomic E-state index is 0.733. The van der Waals surface area contributed by atoms with Crippen molar-refractivity contribution in [1.82, 2.24) is 9.78 Å². The molecule has 1 aliphatic carbocycles. The molecule has 0 amide bonds. The van der Waals surface area contributed by atoms with Gasteiger partial charge < -0.3 is 10.5 Å². The minimum Gasteiger partial charge on any atom is -0.396 e. The third-order valence-electron chi connectivity index (χ3n) is 2.50. The standard InChI is InChI=1S/C10H17N3O/c1-8-10(11)6-13(12-8)4-5-14-7-9-2-3-9/h6,9H,2-5,7,11H2,1H3. The van der Waals surface area contributed by atoms with Gasteiger partial charge in [0, 0.05) is 12.8 Å². The van der Waals surface area contributed by atoms with Crippen LogP contribution in [0.1, 0.15) is 18.5 Å². The SMILES string of the molecule is Cc1nn(CCOCC2CC2)cc1N. The molecule has 4 heteroatoms. The van der Waals surface area contributed by atoms with Crippen molar-refractivity contribution >= 4 is 5.69 Å². The van der Waals surface area contributed by atoms with E-state index in [0.29, 0.717) is 0 Å². The number of anilines is 1. The molecule has 4 nitrogen and oxygen atoms in total. The second kappa shape index (κ2) is 4.00. The number of aryl methyl sites for hydroxylation is 1. The summed E-state index contributed by atoms with van der Waals surface area (Å²) >= 11 is 0. The molecular formula is C10H17N3O. The number of rotatable bonds is 5. The van der Waals surface area contributed by atoms with Crippen molar-refractivity contribution in [2.75, 3.05) is 18.9 Å². The van der Waals surface area contributed by atoms with Crippen LogP contribution in [0.4, 0.5) is 5.69 Å². The molecule has 1 heterocycles. The van der Waals surface area contributed by atoms with Gasteiger partial charge in [0.1, 0.15) is 0 Å². The van der Waals surface area contributed by atoms with Crippen LogP contribution in [0.25, 0.3) is 0 Å². The Kier molecular flexibility index (Phi) is 2.72. The summed E-state index contributed by atoms with van der Waals surface area (Å²) in [5, 5.41) is 4.25. The number of hydrogen-bond acceptors (Lipinski definition) is 3. The summed E-state index contributed by atoms with van der Waals surface area (Å²) in [5.74, 6) is 0.833. The van der Waals surface area contributed by atoms with Gasteiger partial charge in [-0.3, -0.25) is 4.68 Å². The Bertz CT molecular complexity index is 285. The van der Waals surface area contributed by atoms with Gasteiger partial charge in [-0.1, -0.05) is 0 Å². The van der Waals surface area contributed by atoms with Crippen molar-refractivity contribution in [2.45, 2.75) is 26.3 Å². The fourth-order valence-corrected chi connectivity index (χ4v) is 1.34. The molecule has 2 N–H and O–H groups in total. The minimum atomic E-state index is 0.733. The second-order valence-corrected chi connectivity index (χ2v) is 3.95. The summed E-state index contributed by atoms with van der Waals surface area (Å²) in [5.41, 5.74) is 7.33. The fourth-order valence-electron chi connectivity index (χ4n) is 1.34. The van der Waals surface area contributed by atoms with Gasteiger partial charge in [-0.15, -0.1) is 0 Å². The van der Waals surface area contributed by atoms with Gasteiger partial charge in [0.2, 0.25) is 0 Å². The zero-order chi connectivity index (χ0) is 9.97. The smallest absolute Gasteiger partial charge is 0.0822 e. The van der Waals surface area contributed by atoms with E-state index < -0.39 is 0 Å². The molecule has 0 radical (unpaired) electrons. The van der Waals surface area contributed by atoms with Crippen LogP contribution in [0.2, 0.25) is 0 Å². The maximum atomic E-state index is 5.68. The van der Waals surface area contributed by atoms with Crippen LogP contribution in [0, 0.1) is 12.8 Å². The molecule has 1 aromatic heterocycles. The molecule has 2 rings (SSSR count). The first-order valence-corrected chi connectivity index (χ1v) is 5.13. The van der Waals surface area contributed by atoms with Crippen LogP contribution in [0.3, 0.4) is 0 Å². The average Bonchev–Trinajstić information content (AvgIpc) is 2.90. The average molecular weight is 195 g/mol. The highest BCUT2D eigenvalue weighted by molar-refractivity contribution is 5.39. The zero-order valence-corrected chi connectivity index (χ0v) is 8.57. The molecule has 1 aliphatic rings. The van der Waals surface area contributed by atoms with E-state index in [0.717, 1.165) is 37.1 Å². The second-order valence-electron chi connectivity index (χ2n) is 3.95. The molecule has 0 aliphatic heterocycles. The lowest BCUT2D eigenvalue weighted by Gasteiger charge is -2.02. The molecule has 1 saturated carbocycles. The van der Waals surface area contributed by atoms with Crippen LogP contribution in [-0.2, 0) is 11.3 Å². The lowest BCUT2D eigenvalue weighted by Crippen LogP contribution is -2.08. The van der Waals surface area contributed by atoms with Crippen molar-refractivity contribution in [3.63, 3.8) is 0 Å². The van der Waals surface area contributed by atoms with E-state index in [4.69, 9.17) is 10.5 Å². The van der Waals surface area contributed by atoms with E-state index in [9.17, 15) is 0 Å². The first-order chi connectivity index (χ1) is 6.75. The van der Waals surface area contributed by atoms with E-state index >= 15 is 0 Å². The molecule has 14 heavy (non-hydrogen) atoms. The van der Waals surface area contributed by atoms with Crippen LogP contribution >= 0.6 is 0 Å². The molecule has 0 aromatic carbocycles. The van der Waals surface area contributed by atoms with E-state index in [2.05, 4.69) is 5.10 Å². The van der Waals surface area contributed by atoms with Gasteiger partial charge in [-0.2, -0.15) is 5.10 Å². The summed E-state index contributed by atoms with van der Waals surface area (Å²) in [6.45, 7) is 4.36. The summed E-state index contributed by atoms with van der Waals surface area (Å²) in [6, 6.07) is 0. The number of ether oxygens (including phenoxy) is 1. The number of nitrogens with zero attached hydrogens (tertiary/aromatic N) is 2. The highest BCUT2D eigenvalue weighted by Crippen LogP contribution is 2.28. The largest absolute Gasteiger partial charge is 0.396 e. The van der Waals surface area contributed by atoms with Crippen molar-refractivity contribution < 1.29 is 4.74 Å². The lowest BCUT2D eigenvalue weighted by molar-refractivity contribution is 0.114. The lowest BCUT2D eigenvalue weighted by atomic mass is 10.4. The summed E-state index contributed by atoms with van der Waals surface area (Å²) in [7, 11) is 0. The van der Waals surface area contributed by atoms with Gasteiger partial charge in [0.15, 0.2) is 0 Å². The molecule has 0 atom stereocenters. The third kappa shape index (κ3) is 2.48. The van der Waals surface area contributed by atoms with Crippen molar-refractivity contribution in [1.29, 1.82) is 0 Å². The van der Waals surface area contributed by atoms with E-state index in [1.807, 2.05) is 17.8 Å². The molecule has 0 unspecified atom stereocenters. The monoisotopic (exact) mass is 195 g/mol. The maximum absolute atomic E-state index is 5.68. The van der Waals surface area contributed by atoms with Gasteiger partial charge in [-0.05, 0) is 25.7 Å². The normalized spacial score (nSPS) is 16.1. The number of hydrogen-bond donors (Lipinski definition) is 1. The van der Waals surface area contributed by atoms with Gasteiger partial charge in [0.25, 0.3) is 0 Å². The van der Waals surface area contributed by atoms with Crippen LogP contribution in [0.5, 0.6) is 0 Å². The molecule has 0 saturated heterocycles. The van der Waals surface area contributed by atoms with Crippen LogP contribution in [-0.4, -0.2) is 23.0 Å².